The van der Waals surface area contributed by atoms with Crippen molar-refractivity contribution < 1.29 is 0 Å². The molecule has 28 heavy (non-hydrogen) atoms. The second kappa shape index (κ2) is 9.14. The Balaban J connectivity index is 1.59. The number of nitrogens with zero attached hydrogens (tertiary/aromatic N) is 4. The molecule has 1 fully saturated rings. The fourth-order valence-electron chi connectivity index (χ4n) is 3.72. The van der Waals surface area contributed by atoms with E-state index in [0.717, 1.165) is 56.4 Å². The molecule has 3 rings (SSSR count). The third-order valence-corrected chi connectivity index (χ3v) is 5.76. The summed E-state index contributed by atoms with van der Waals surface area (Å²) in [5.74, 6) is 1.10. The van der Waals surface area contributed by atoms with E-state index in [1.165, 1.54) is 12.0 Å². The first-order valence-corrected chi connectivity index (χ1v) is 10.6. The van der Waals surface area contributed by atoms with Crippen LogP contribution in [0.2, 0.25) is 5.02 Å². The molecule has 2 heterocycles. The van der Waals surface area contributed by atoms with Crippen LogP contribution in [0, 0.1) is 5.41 Å². The van der Waals surface area contributed by atoms with Crippen molar-refractivity contribution in [3.05, 3.63) is 34.9 Å². The van der Waals surface area contributed by atoms with Gasteiger partial charge in [0, 0.05) is 30.7 Å². The summed E-state index contributed by atoms with van der Waals surface area (Å²) in [5, 5.41) is 7.74. The number of hydrogen-bond donors (Lipinski definition) is 2. The number of nitrogen functional groups attached to an aromatic ring is 1. The minimum atomic E-state index is 0.343. The highest BCUT2D eigenvalue weighted by atomic mass is 35.5. The minimum Gasteiger partial charge on any atom is -0.368 e. The van der Waals surface area contributed by atoms with E-state index in [1.807, 2.05) is 12.1 Å². The number of nitrogens with one attached hydrogen (secondary N) is 1. The lowest BCUT2D eigenvalue weighted by atomic mass is 9.91. The monoisotopic (exact) mass is 404 g/mol. The van der Waals surface area contributed by atoms with Gasteiger partial charge in [-0.25, -0.2) is 5.10 Å². The van der Waals surface area contributed by atoms with Crippen LogP contribution in [0.5, 0.6) is 0 Å². The number of piperidine rings is 1. The zero-order valence-electron chi connectivity index (χ0n) is 17.3. The summed E-state index contributed by atoms with van der Waals surface area (Å²) in [7, 11) is 0. The maximum Gasteiger partial charge on any atom is 0.246 e. The van der Waals surface area contributed by atoms with Gasteiger partial charge in [-0.15, -0.1) is 5.10 Å². The van der Waals surface area contributed by atoms with Gasteiger partial charge in [0.1, 0.15) is 0 Å². The third kappa shape index (κ3) is 6.11. The molecule has 6 nitrogen and oxygen atoms in total. The van der Waals surface area contributed by atoms with Gasteiger partial charge in [-0.3, -0.25) is 4.90 Å². The van der Waals surface area contributed by atoms with Gasteiger partial charge in [0.2, 0.25) is 11.9 Å². The Morgan fingerprint density at radius 1 is 1.18 bits per heavy atom. The lowest BCUT2D eigenvalue weighted by Gasteiger charge is -2.39. The van der Waals surface area contributed by atoms with Crippen molar-refractivity contribution in [1.82, 2.24) is 20.1 Å². The van der Waals surface area contributed by atoms with Crippen molar-refractivity contribution >= 4 is 23.5 Å². The molecule has 1 aromatic carbocycles. The van der Waals surface area contributed by atoms with Gasteiger partial charge in [0.05, 0.1) is 0 Å². The smallest absolute Gasteiger partial charge is 0.246 e. The number of benzene rings is 1. The van der Waals surface area contributed by atoms with Crippen molar-refractivity contribution in [2.45, 2.75) is 52.5 Å². The lowest BCUT2D eigenvalue weighted by Crippen LogP contribution is -2.46. The van der Waals surface area contributed by atoms with Crippen LogP contribution in [0.3, 0.4) is 0 Å². The summed E-state index contributed by atoms with van der Waals surface area (Å²) in [6, 6.07) is 8.85. The lowest BCUT2D eigenvalue weighted by molar-refractivity contribution is 0.149. The van der Waals surface area contributed by atoms with Crippen molar-refractivity contribution in [2.75, 3.05) is 36.8 Å². The molecule has 0 radical (unpaired) electrons. The number of H-pyrrole nitrogens is 1. The van der Waals surface area contributed by atoms with Crippen LogP contribution in [0.1, 0.15) is 45.6 Å². The standard InChI is InChI=1S/C21H33ClN6/c1-21(2,3)11-15-27(12-8-16-4-6-17(22)7-5-16)18-9-13-28(14-10-18)20-24-19(23)25-26-20/h4-7,18H,8-15H2,1-3H3,(H3,23,24,25,26). The average Bonchev–Trinajstić information content (AvgIpc) is 3.09. The van der Waals surface area contributed by atoms with E-state index in [4.69, 9.17) is 17.3 Å². The van der Waals surface area contributed by atoms with Gasteiger partial charge in [-0.05, 0) is 55.3 Å². The van der Waals surface area contributed by atoms with Crippen LogP contribution in [0.15, 0.2) is 24.3 Å². The highest BCUT2D eigenvalue weighted by Crippen LogP contribution is 2.24. The van der Waals surface area contributed by atoms with E-state index in [1.54, 1.807) is 0 Å². The summed E-state index contributed by atoms with van der Waals surface area (Å²) in [6.07, 6.45) is 4.50. The molecule has 0 spiro atoms. The predicted octanol–water partition coefficient (Wildman–Crippen LogP) is 3.99. The molecule has 1 aromatic heterocycles. The van der Waals surface area contributed by atoms with Crippen LogP contribution in [0.4, 0.5) is 11.9 Å². The molecule has 3 N–H and O–H groups in total. The quantitative estimate of drug-likeness (QED) is 0.729. The maximum absolute atomic E-state index is 6.03. The molecule has 0 aliphatic carbocycles. The molecule has 0 unspecified atom stereocenters. The van der Waals surface area contributed by atoms with E-state index in [-0.39, 0.29) is 0 Å². The first-order valence-electron chi connectivity index (χ1n) is 10.2. The molecule has 1 aliphatic rings. The molecule has 1 saturated heterocycles. The number of aromatic amines is 1. The zero-order valence-corrected chi connectivity index (χ0v) is 18.0. The Labute approximate surface area is 173 Å². The summed E-state index contributed by atoms with van der Waals surface area (Å²) >= 11 is 6.03. The van der Waals surface area contributed by atoms with Crippen molar-refractivity contribution in [3.8, 4) is 0 Å². The van der Waals surface area contributed by atoms with E-state index in [0.29, 0.717) is 17.4 Å². The molecule has 154 valence electrons. The first-order chi connectivity index (χ1) is 13.3. The normalized spacial score (nSPS) is 16.1. The highest BCUT2D eigenvalue weighted by Gasteiger charge is 2.27. The summed E-state index contributed by atoms with van der Waals surface area (Å²) in [6.45, 7) is 11.1. The Bertz CT molecular complexity index is 728. The maximum atomic E-state index is 6.03. The van der Waals surface area contributed by atoms with Crippen molar-refractivity contribution in [1.29, 1.82) is 0 Å². The van der Waals surface area contributed by atoms with Crippen LogP contribution < -0.4 is 10.6 Å². The Kier molecular flexibility index (Phi) is 6.83. The first kappa shape index (κ1) is 20.9. The van der Waals surface area contributed by atoms with Gasteiger partial charge in [-0.2, -0.15) is 4.98 Å². The number of hydrogen-bond acceptors (Lipinski definition) is 5. The summed E-state index contributed by atoms with van der Waals surface area (Å²) < 4.78 is 0. The van der Waals surface area contributed by atoms with E-state index >= 15 is 0 Å². The van der Waals surface area contributed by atoms with Gasteiger partial charge < -0.3 is 10.6 Å². The van der Waals surface area contributed by atoms with Gasteiger partial charge in [0.15, 0.2) is 0 Å². The number of rotatable bonds is 7. The molecule has 0 saturated carbocycles. The molecule has 0 amide bonds. The van der Waals surface area contributed by atoms with Gasteiger partial charge >= 0.3 is 0 Å². The number of nitrogens with two attached hydrogens (primary N) is 1. The zero-order chi connectivity index (χ0) is 20.1. The second-order valence-electron chi connectivity index (χ2n) is 8.96. The van der Waals surface area contributed by atoms with Crippen LogP contribution in [-0.2, 0) is 6.42 Å². The SMILES string of the molecule is CC(C)(C)CCN(CCc1ccc(Cl)cc1)C1CCN(c2n[nH]c(N)n2)CC1. The number of aromatic nitrogens is 3. The fraction of sp³-hybridized carbons (Fsp3) is 0.619. The molecule has 0 bridgehead atoms. The molecule has 2 aromatic rings. The fourth-order valence-corrected chi connectivity index (χ4v) is 3.84. The molecular weight excluding hydrogens is 372 g/mol. The second-order valence-corrected chi connectivity index (χ2v) is 9.40. The predicted molar refractivity (Wildman–Crippen MR) is 117 cm³/mol. The summed E-state index contributed by atoms with van der Waals surface area (Å²) in [4.78, 5) is 9.18. The molecular formula is C21H33ClN6. The Morgan fingerprint density at radius 2 is 1.86 bits per heavy atom. The number of anilines is 2. The van der Waals surface area contributed by atoms with Gasteiger partial charge in [-0.1, -0.05) is 44.5 Å². The van der Waals surface area contributed by atoms with E-state index < -0.39 is 0 Å². The molecule has 1 aliphatic heterocycles. The minimum absolute atomic E-state index is 0.343. The number of halogens is 1. The van der Waals surface area contributed by atoms with Crippen molar-refractivity contribution in [2.24, 2.45) is 5.41 Å². The Morgan fingerprint density at radius 3 is 2.43 bits per heavy atom. The summed E-state index contributed by atoms with van der Waals surface area (Å²) in [5.41, 5.74) is 7.36. The van der Waals surface area contributed by atoms with Gasteiger partial charge in [0.25, 0.3) is 0 Å². The van der Waals surface area contributed by atoms with E-state index in [9.17, 15) is 0 Å². The van der Waals surface area contributed by atoms with Crippen molar-refractivity contribution in [3.63, 3.8) is 0 Å². The Hall–Kier alpha value is -1.79. The average molecular weight is 405 g/mol. The molecule has 7 heteroatoms. The molecule has 0 atom stereocenters. The van der Waals surface area contributed by atoms with E-state index in [2.05, 4.69) is 57.9 Å². The highest BCUT2D eigenvalue weighted by molar-refractivity contribution is 6.30. The topological polar surface area (TPSA) is 74.1 Å². The largest absolute Gasteiger partial charge is 0.368 e. The third-order valence-electron chi connectivity index (χ3n) is 5.50. The van der Waals surface area contributed by atoms with Crippen LogP contribution in [0.25, 0.3) is 0 Å². The van der Waals surface area contributed by atoms with Crippen LogP contribution in [-0.4, -0.2) is 52.3 Å². The van der Waals surface area contributed by atoms with Crippen LogP contribution >= 0.6 is 11.6 Å².